The van der Waals surface area contributed by atoms with Crippen molar-refractivity contribution < 1.29 is 0 Å². The first kappa shape index (κ1) is 19.2. The molecule has 5 heteroatoms. The summed E-state index contributed by atoms with van der Waals surface area (Å²) in [5.74, 6) is 0. The largest absolute Gasteiger partial charge is 0.334 e. The Balaban J connectivity index is 1.55. The average molecular weight is 435 g/mol. The van der Waals surface area contributed by atoms with Gasteiger partial charge in [-0.2, -0.15) is 5.26 Å². The molecule has 1 atom stereocenters. The topological polar surface area (TPSA) is 67.6 Å². The van der Waals surface area contributed by atoms with Crippen LogP contribution < -0.4 is 5.73 Å². The van der Waals surface area contributed by atoms with Crippen LogP contribution in [0.15, 0.2) is 66.7 Å². The molecule has 156 valence electrons. The number of benzene rings is 3. The molecule has 5 aromatic rings. The summed E-state index contributed by atoms with van der Waals surface area (Å²) in [7, 11) is 0. The van der Waals surface area contributed by atoms with Crippen molar-refractivity contribution in [3.05, 3.63) is 88.4 Å². The second kappa shape index (κ2) is 7.59. The van der Waals surface area contributed by atoms with E-state index in [1.807, 2.05) is 18.2 Å². The number of nitriles is 1. The van der Waals surface area contributed by atoms with E-state index in [1.54, 1.807) is 11.3 Å². The zero-order chi connectivity index (χ0) is 21.7. The molecule has 2 N–H and O–H groups in total. The second-order valence-electron chi connectivity index (χ2n) is 8.53. The number of nitrogens with zero attached hydrogens (tertiary/aromatic N) is 3. The Hall–Kier alpha value is -3.46. The van der Waals surface area contributed by atoms with Crippen LogP contribution in [0.25, 0.3) is 32.4 Å². The van der Waals surface area contributed by atoms with Crippen molar-refractivity contribution in [3.8, 4) is 16.8 Å². The summed E-state index contributed by atoms with van der Waals surface area (Å²) in [6.07, 6.45) is 2.89. The van der Waals surface area contributed by atoms with Gasteiger partial charge in [0.25, 0.3) is 0 Å². The second-order valence-corrected chi connectivity index (χ2v) is 9.61. The summed E-state index contributed by atoms with van der Waals surface area (Å²) in [6.45, 7) is 0.721. The molecule has 2 heterocycles. The van der Waals surface area contributed by atoms with Crippen molar-refractivity contribution in [1.29, 1.82) is 5.26 Å². The number of nitrogens with two attached hydrogens (primary N) is 1. The molecule has 0 spiro atoms. The molecule has 0 bridgehead atoms. The summed E-state index contributed by atoms with van der Waals surface area (Å²) in [5, 5.41) is 14.2. The molecular weight excluding hydrogens is 412 g/mol. The van der Waals surface area contributed by atoms with Crippen LogP contribution in [0.3, 0.4) is 0 Å². The Bertz CT molecular complexity index is 1510. The zero-order valence-electron chi connectivity index (χ0n) is 17.6. The molecular formula is C27H22N4S. The molecule has 32 heavy (non-hydrogen) atoms. The van der Waals surface area contributed by atoms with E-state index < -0.39 is 0 Å². The lowest BCUT2D eigenvalue weighted by molar-refractivity contribution is 0.574. The fraction of sp³-hybridized carbons (Fsp3) is 0.185. The van der Waals surface area contributed by atoms with E-state index in [2.05, 4.69) is 59.2 Å². The molecule has 3 aromatic carbocycles. The molecule has 0 saturated heterocycles. The number of hydrogen-bond donors (Lipinski definition) is 1. The first-order chi connectivity index (χ1) is 15.7. The Morgan fingerprint density at radius 3 is 2.84 bits per heavy atom. The van der Waals surface area contributed by atoms with Gasteiger partial charge in [-0.15, -0.1) is 11.3 Å². The van der Waals surface area contributed by atoms with Gasteiger partial charge in [-0.1, -0.05) is 48.5 Å². The quantitative estimate of drug-likeness (QED) is 0.399. The molecule has 4 nitrogen and oxygen atoms in total. The van der Waals surface area contributed by atoms with Crippen molar-refractivity contribution >= 4 is 33.0 Å². The van der Waals surface area contributed by atoms with Gasteiger partial charge in [0.05, 0.1) is 28.5 Å². The highest BCUT2D eigenvalue weighted by Crippen LogP contribution is 2.36. The minimum absolute atomic E-state index is 0.206. The van der Waals surface area contributed by atoms with Crippen molar-refractivity contribution in [2.24, 2.45) is 5.73 Å². The minimum atomic E-state index is 0.206. The van der Waals surface area contributed by atoms with Crippen molar-refractivity contribution in [2.75, 3.05) is 0 Å². The highest BCUT2D eigenvalue weighted by atomic mass is 32.1. The Morgan fingerprint density at radius 2 is 1.94 bits per heavy atom. The molecule has 0 saturated carbocycles. The van der Waals surface area contributed by atoms with Gasteiger partial charge >= 0.3 is 0 Å². The first-order valence-electron chi connectivity index (χ1n) is 10.9. The Morgan fingerprint density at radius 1 is 1.06 bits per heavy atom. The molecule has 1 unspecified atom stereocenters. The molecule has 0 amide bonds. The van der Waals surface area contributed by atoms with Crippen LogP contribution in [0.1, 0.15) is 28.1 Å². The summed E-state index contributed by atoms with van der Waals surface area (Å²) in [5.41, 5.74) is 11.5. The fourth-order valence-corrected chi connectivity index (χ4v) is 5.92. The van der Waals surface area contributed by atoms with Crippen LogP contribution in [-0.2, 0) is 19.4 Å². The third kappa shape index (κ3) is 3.20. The van der Waals surface area contributed by atoms with E-state index in [0.717, 1.165) is 53.1 Å². The summed E-state index contributed by atoms with van der Waals surface area (Å²) < 4.78 is 2.32. The molecule has 1 aliphatic carbocycles. The standard InChI is InChI=1S/C27H22N4S/c28-15-17-8-9-19-13-25(27-30-23-14-21(29)10-11-26(23)32-27)31(24(19)12-17)16-20-6-3-5-18-4-1-2-7-22(18)20/h1-9,12-13,21H,10-11,14,16,29H2. The van der Waals surface area contributed by atoms with Crippen LogP contribution in [0, 0.1) is 11.3 Å². The van der Waals surface area contributed by atoms with Crippen molar-refractivity contribution in [1.82, 2.24) is 9.55 Å². The predicted molar refractivity (Wildman–Crippen MR) is 131 cm³/mol. The van der Waals surface area contributed by atoms with E-state index in [-0.39, 0.29) is 6.04 Å². The summed E-state index contributed by atoms with van der Waals surface area (Å²) in [4.78, 5) is 6.39. The maximum atomic E-state index is 9.50. The van der Waals surface area contributed by atoms with Gasteiger partial charge in [0.1, 0.15) is 5.01 Å². The van der Waals surface area contributed by atoms with E-state index in [9.17, 15) is 5.26 Å². The fourth-order valence-electron chi connectivity index (χ4n) is 4.79. The number of aromatic nitrogens is 2. The third-order valence-corrected chi connectivity index (χ3v) is 7.62. The number of aryl methyl sites for hydroxylation is 1. The van der Waals surface area contributed by atoms with Gasteiger partial charge in [0.15, 0.2) is 0 Å². The SMILES string of the molecule is N#Cc1ccc2cc(-c3nc4c(s3)CCC(N)C4)n(Cc3cccc4ccccc34)c2c1. The van der Waals surface area contributed by atoms with Crippen molar-refractivity contribution in [3.63, 3.8) is 0 Å². The predicted octanol–water partition coefficient (Wildman–Crippen LogP) is 5.65. The maximum Gasteiger partial charge on any atom is 0.140 e. The molecule has 0 aliphatic heterocycles. The van der Waals surface area contributed by atoms with E-state index >= 15 is 0 Å². The monoisotopic (exact) mass is 434 g/mol. The number of fused-ring (bicyclic) bond motifs is 3. The van der Waals surface area contributed by atoms with Gasteiger partial charge < -0.3 is 10.3 Å². The molecule has 0 fully saturated rings. The molecule has 2 aromatic heterocycles. The average Bonchev–Trinajstić information content (AvgIpc) is 3.40. The van der Waals surface area contributed by atoms with Gasteiger partial charge in [0, 0.05) is 29.3 Å². The lowest BCUT2D eigenvalue weighted by Gasteiger charge is -2.15. The lowest BCUT2D eigenvalue weighted by Crippen LogP contribution is -2.27. The minimum Gasteiger partial charge on any atom is -0.334 e. The number of thiazole rings is 1. The third-order valence-electron chi connectivity index (χ3n) is 6.44. The maximum absolute atomic E-state index is 9.50. The Kier molecular flexibility index (Phi) is 4.57. The van der Waals surface area contributed by atoms with Crippen LogP contribution in [0.2, 0.25) is 0 Å². The first-order valence-corrected chi connectivity index (χ1v) is 11.8. The number of hydrogen-bond acceptors (Lipinski definition) is 4. The smallest absolute Gasteiger partial charge is 0.140 e. The molecule has 6 rings (SSSR count). The van der Waals surface area contributed by atoms with Crippen LogP contribution in [0.5, 0.6) is 0 Å². The van der Waals surface area contributed by atoms with E-state index in [0.29, 0.717) is 5.56 Å². The summed E-state index contributed by atoms with van der Waals surface area (Å²) in [6, 6.07) is 25.6. The van der Waals surface area contributed by atoms with E-state index in [4.69, 9.17) is 10.7 Å². The normalized spacial score (nSPS) is 15.7. The van der Waals surface area contributed by atoms with Crippen LogP contribution in [-0.4, -0.2) is 15.6 Å². The zero-order valence-corrected chi connectivity index (χ0v) is 18.4. The molecule has 0 radical (unpaired) electrons. The summed E-state index contributed by atoms with van der Waals surface area (Å²) >= 11 is 1.79. The lowest BCUT2D eigenvalue weighted by atomic mass is 9.99. The van der Waals surface area contributed by atoms with Gasteiger partial charge in [-0.3, -0.25) is 0 Å². The Labute approximate surface area is 190 Å². The van der Waals surface area contributed by atoms with Crippen LogP contribution in [0.4, 0.5) is 0 Å². The van der Waals surface area contributed by atoms with Gasteiger partial charge in [-0.25, -0.2) is 4.98 Å². The highest BCUT2D eigenvalue weighted by Gasteiger charge is 2.23. The number of rotatable bonds is 3. The van der Waals surface area contributed by atoms with Crippen molar-refractivity contribution in [2.45, 2.75) is 31.8 Å². The highest BCUT2D eigenvalue weighted by molar-refractivity contribution is 7.15. The van der Waals surface area contributed by atoms with E-state index in [1.165, 1.54) is 21.2 Å². The van der Waals surface area contributed by atoms with Gasteiger partial charge in [-0.05, 0) is 47.4 Å². The molecule has 1 aliphatic rings. The van der Waals surface area contributed by atoms with Gasteiger partial charge in [0.2, 0.25) is 0 Å². The van der Waals surface area contributed by atoms with Crippen LogP contribution >= 0.6 is 11.3 Å².